The Morgan fingerprint density at radius 1 is 1.56 bits per heavy atom. The van der Waals surface area contributed by atoms with Crippen molar-refractivity contribution in [2.75, 3.05) is 18.0 Å². The molecule has 0 bridgehead atoms. The number of hydrogen-bond donors (Lipinski definition) is 2. The number of nitrogens with one attached hydrogen (secondary N) is 1. The predicted octanol–water partition coefficient (Wildman–Crippen LogP) is 1.21. The van der Waals surface area contributed by atoms with Gasteiger partial charge in [-0.1, -0.05) is 0 Å². The summed E-state index contributed by atoms with van der Waals surface area (Å²) in [5.41, 5.74) is 6.77. The van der Waals surface area contributed by atoms with Crippen molar-refractivity contribution in [3.8, 4) is 11.5 Å². The number of furan rings is 1. The van der Waals surface area contributed by atoms with Crippen molar-refractivity contribution < 1.29 is 4.42 Å². The van der Waals surface area contributed by atoms with Gasteiger partial charge >= 0.3 is 0 Å². The molecule has 0 spiro atoms. The van der Waals surface area contributed by atoms with Gasteiger partial charge in [-0.15, -0.1) is 0 Å². The zero-order chi connectivity index (χ0) is 11.0. The summed E-state index contributed by atoms with van der Waals surface area (Å²) < 4.78 is 5.30. The average Bonchev–Trinajstić information content (AvgIpc) is 2.97. The third kappa shape index (κ3) is 1.59. The first-order valence-corrected chi connectivity index (χ1v) is 5.43. The van der Waals surface area contributed by atoms with Crippen LogP contribution in [0.3, 0.4) is 0 Å². The van der Waals surface area contributed by atoms with Gasteiger partial charge < -0.3 is 15.1 Å². The molecule has 3 rings (SSSR count). The fourth-order valence-electron chi connectivity index (χ4n) is 2.03. The molecule has 0 aromatic carbocycles. The number of aromatic amines is 1. The van der Waals surface area contributed by atoms with E-state index < -0.39 is 0 Å². The van der Waals surface area contributed by atoms with Crippen molar-refractivity contribution in [1.29, 1.82) is 0 Å². The first-order chi connectivity index (χ1) is 7.83. The lowest BCUT2D eigenvalue weighted by Gasteiger charge is -2.13. The lowest BCUT2D eigenvalue weighted by atomic mass is 10.3. The summed E-state index contributed by atoms with van der Waals surface area (Å²) in [4.78, 5) is 2.19. The number of aromatic nitrogens is 2. The zero-order valence-corrected chi connectivity index (χ0v) is 8.89. The topological polar surface area (TPSA) is 71.1 Å². The van der Waals surface area contributed by atoms with E-state index in [0.717, 1.165) is 36.8 Å². The number of H-pyrrole nitrogens is 1. The van der Waals surface area contributed by atoms with Crippen LogP contribution in [0.4, 0.5) is 5.82 Å². The molecule has 0 radical (unpaired) electrons. The highest BCUT2D eigenvalue weighted by molar-refractivity contribution is 5.58. The highest BCUT2D eigenvalue weighted by Crippen LogP contribution is 2.24. The molecule has 2 aromatic rings. The molecule has 16 heavy (non-hydrogen) atoms. The van der Waals surface area contributed by atoms with Crippen LogP contribution in [0.25, 0.3) is 11.5 Å². The quantitative estimate of drug-likeness (QED) is 0.794. The minimum Gasteiger partial charge on any atom is -0.463 e. The maximum absolute atomic E-state index is 5.87. The molecule has 5 heteroatoms. The molecule has 2 aromatic heterocycles. The second kappa shape index (κ2) is 3.68. The summed E-state index contributed by atoms with van der Waals surface area (Å²) in [5, 5.41) is 7.25. The van der Waals surface area contributed by atoms with Crippen LogP contribution < -0.4 is 10.6 Å². The SMILES string of the molecule is NC1CCN(c2cc(-c3ccco3)[nH]n2)C1. The van der Waals surface area contributed by atoms with Crippen LogP contribution in [-0.4, -0.2) is 29.3 Å². The van der Waals surface area contributed by atoms with E-state index in [1.165, 1.54) is 0 Å². The van der Waals surface area contributed by atoms with E-state index in [2.05, 4.69) is 15.1 Å². The number of anilines is 1. The molecule has 1 aliphatic heterocycles. The summed E-state index contributed by atoms with van der Waals surface area (Å²) >= 11 is 0. The fourth-order valence-corrected chi connectivity index (χ4v) is 2.03. The molecule has 1 unspecified atom stereocenters. The Kier molecular flexibility index (Phi) is 2.18. The van der Waals surface area contributed by atoms with Gasteiger partial charge in [-0.25, -0.2) is 0 Å². The highest BCUT2D eigenvalue weighted by Gasteiger charge is 2.21. The van der Waals surface area contributed by atoms with Gasteiger partial charge in [0.05, 0.1) is 6.26 Å². The largest absolute Gasteiger partial charge is 0.463 e. The van der Waals surface area contributed by atoms with Crippen LogP contribution in [0, 0.1) is 0 Å². The van der Waals surface area contributed by atoms with Gasteiger partial charge in [0.2, 0.25) is 0 Å². The van der Waals surface area contributed by atoms with E-state index in [1.807, 2.05) is 18.2 Å². The van der Waals surface area contributed by atoms with Crippen LogP contribution in [0.1, 0.15) is 6.42 Å². The molecular formula is C11H14N4O. The Morgan fingerprint density at radius 2 is 2.50 bits per heavy atom. The minimum absolute atomic E-state index is 0.267. The van der Waals surface area contributed by atoms with Crippen LogP contribution in [0.2, 0.25) is 0 Å². The zero-order valence-electron chi connectivity index (χ0n) is 8.89. The maximum atomic E-state index is 5.87. The first-order valence-electron chi connectivity index (χ1n) is 5.43. The monoisotopic (exact) mass is 218 g/mol. The Balaban J connectivity index is 1.83. The number of hydrogen-bond acceptors (Lipinski definition) is 4. The van der Waals surface area contributed by atoms with E-state index in [9.17, 15) is 0 Å². The van der Waals surface area contributed by atoms with E-state index in [-0.39, 0.29) is 6.04 Å². The van der Waals surface area contributed by atoms with E-state index >= 15 is 0 Å². The lowest BCUT2D eigenvalue weighted by Crippen LogP contribution is -2.26. The van der Waals surface area contributed by atoms with Gasteiger partial charge in [-0.05, 0) is 18.6 Å². The lowest BCUT2D eigenvalue weighted by molar-refractivity contribution is 0.580. The third-order valence-corrected chi connectivity index (χ3v) is 2.90. The molecule has 3 heterocycles. The minimum atomic E-state index is 0.267. The molecule has 84 valence electrons. The van der Waals surface area contributed by atoms with Crippen LogP contribution in [0.15, 0.2) is 28.9 Å². The summed E-state index contributed by atoms with van der Waals surface area (Å²) in [6.07, 6.45) is 2.69. The summed E-state index contributed by atoms with van der Waals surface area (Å²) in [7, 11) is 0. The third-order valence-electron chi connectivity index (χ3n) is 2.90. The second-order valence-corrected chi connectivity index (χ2v) is 4.11. The Bertz CT molecular complexity index is 462. The molecule has 5 nitrogen and oxygen atoms in total. The normalized spacial score (nSPS) is 20.6. The van der Waals surface area contributed by atoms with Crippen molar-refractivity contribution in [1.82, 2.24) is 10.2 Å². The number of nitrogens with zero attached hydrogens (tertiary/aromatic N) is 2. The maximum Gasteiger partial charge on any atom is 0.151 e. The van der Waals surface area contributed by atoms with Crippen LogP contribution in [0.5, 0.6) is 0 Å². The molecular weight excluding hydrogens is 204 g/mol. The molecule has 3 N–H and O–H groups in total. The molecule has 0 amide bonds. The molecule has 1 saturated heterocycles. The summed E-state index contributed by atoms with van der Waals surface area (Å²) in [6.45, 7) is 1.85. The Hall–Kier alpha value is -1.75. The average molecular weight is 218 g/mol. The molecule has 1 aliphatic rings. The van der Waals surface area contributed by atoms with E-state index in [1.54, 1.807) is 6.26 Å². The second-order valence-electron chi connectivity index (χ2n) is 4.11. The van der Waals surface area contributed by atoms with Gasteiger partial charge in [0.1, 0.15) is 5.69 Å². The number of nitrogens with two attached hydrogens (primary N) is 1. The van der Waals surface area contributed by atoms with Crippen molar-refractivity contribution in [3.05, 3.63) is 24.5 Å². The van der Waals surface area contributed by atoms with Gasteiger partial charge in [-0.2, -0.15) is 5.10 Å². The van der Waals surface area contributed by atoms with Gasteiger partial charge in [0, 0.05) is 25.2 Å². The van der Waals surface area contributed by atoms with Crippen molar-refractivity contribution in [2.45, 2.75) is 12.5 Å². The highest BCUT2D eigenvalue weighted by atomic mass is 16.3. The summed E-state index contributed by atoms with van der Waals surface area (Å²) in [5.74, 6) is 1.75. The molecule has 1 atom stereocenters. The molecule has 0 saturated carbocycles. The fraction of sp³-hybridized carbons (Fsp3) is 0.364. The Labute approximate surface area is 93.2 Å². The molecule has 0 aliphatic carbocycles. The van der Waals surface area contributed by atoms with E-state index in [4.69, 9.17) is 10.2 Å². The first kappa shape index (κ1) is 9.47. The van der Waals surface area contributed by atoms with Crippen molar-refractivity contribution in [3.63, 3.8) is 0 Å². The number of rotatable bonds is 2. The van der Waals surface area contributed by atoms with Crippen LogP contribution in [-0.2, 0) is 0 Å². The predicted molar refractivity (Wildman–Crippen MR) is 61.1 cm³/mol. The standard InChI is InChI=1S/C11H14N4O/c12-8-3-4-15(7-8)11-6-9(13-14-11)10-2-1-5-16-10/h1-2,5-6,8H,3-4,7,12H2,(H,13,14). The van der Waals surface area contributed by atoms with Crippen LogP contribution >= 0.6 is 0 Å². The smallest absolute Gasteiger partial charge is 0.151 e. The van der Waals surface area contributed by atoms with Gasteiger partial charge in [0.15, 0.2) is 11.6 Å². The van der Waals surface area contributed by atoms with Crippen molar-refractivity contribution in [2.24, 2.45) is 5.73 Å². The van der Waals surface area contributed by atoms with Gasteiger partial charge in [0.25, 0.3) is 0 Å². The van der Waals surface area contributed by atoms with Crippen molar-refractivity contribution >= 4 is 5.82 Å². The summed E-state index contributed by atoms with van der Waals surface area (Å²) in [6, 6.07) is 6.04. The van der Waals surface area contributed by atoms with E-state index in [0.29, 0.717) is 0 Å². The molecule has 1 fully saturated rings. The Morgan fingerprint density at radius 3 is 3.19 bits per heavy atom. The van der Waals surface area contributed by atoms with Gasteiger partial charge in [-0.3, -0.25) is 5.10 Å².